The van der Waals surface area contributed by atoms with Gasteiger partial charge >= 0.3 is 0 Å². The maximum atomic E-state index is 13.9. The highest BCUT2D eigenvalue weighted by atomic mass is 16.2. The number of hydrogen-bond acceptors (Lipinski definition) is 6. The topological polar surface area (TPSA) is 158 Å². The number of fused-ring (bicyclic) bond motifs is 1. The van der Waals surface area contributed by atoms with Crippen LogP contribution in [0.25, 0.3) is 22.3 Å². The Kier molecular flexibility index (Phi) is 7.74. The first-order valence-electron chi connectivity index (χ1n) is 16.8. The van der Waals surface area contributed by atoms with Crippen molar-refractivity contribution in [3.8, 4) is 11.4 Å². The standard InChI is InChI=1S/C37H38N8O3/c46-34(39-20-31(25-5-2-1-3-6-25)36(48)41-28-8-4-7-27(14-28)33-42-44-45-43-33)29-15-26-9-10-38-32(26)16-30(29)35(47)40-21-37-17-22-11-23(18-37)13-24(12-22)19-37/h1-10,14-16,22-24,31,38H,11-13,17-21H2,(H,39,46)(H,40,47)(H,41,48)(H,42,43,44,45). The summed E-state index contributed by atoms with van der Waals surface area (Å²) in [5, 5.41) is 24.0. The molecule has 244 valence electrons. The average Bonchev–Trinajstić information content (AvgIpc) is 3.80. The zero-order valence-electron chi connectivity index (χ0n) is 26.5. The number of tetrazole rings is 1. The number of amides is 3. The van der Waals surface area contributed by atoms with E-state index in [2.05, 4.69) is 41.6 Å². The smallest absolute Gasteiger partial charge is 0.252 e. The Morgan fingerprint density at radius 2 is 1.56 bits per heavy atom. The van der Waals surface area contributed by atoms with Crippen LogP contribution < -0.4 is 16.0 Å². The van der Waals surface area contributed by atoms with E-state index in [1.54, 1.807) is 36.5 Å². The number of H-pyrrole nitrogens is 2. The number of nitrogens with one attached hydrogen (secondary N) is 5. The summed E-state index contributed by atoms with van der Waals surface area (Å²) in [5.41, 5.74) is 3.60. The van der Waals surface area contributed by atoms with Gasteiger partial charge in [-0.25, -0.2) is 5.10 Å². The summed E-state index contributed by atoms with van der Waals surface area (Å²) in [4.78, 5) is 44.6. The second-order valence-corrected chi connectivity index (χ2v) is 14.1. The van der Waals surface area contributed by atoms with Gasteiger partial charge in [-0.2, -0.15) is 0 Å². The van der Waals surface area contributed by atoms with E-state index in [4.69, 9.17) is 0 Å². The second-order valence-electron chi connectivity index (χ2n) is 14.1. The zero-order valence-corrected chi connectivity index (χ0v) is 26.5. The fourth-order valence-corrected chi connectivity index (χ4v) is 8.94. The number of carbonyl (C=O) groups excluding carboxylic acids is 3. The summed E-state index contributed by atoms with van der Waals surface area (Å²) >= 11 is 0. The van der Waals surface area contributed by atoms with Gasteiger partial charge in [-0.15, -0.1) is 5.10 Å². The summed E-state index contributed by atoms with van der Waals surface area (Å²) in [6.07, 6.45) is 9.39. The van der Waals surface area contributed by atoms with Crippen molar-refractivity contribution in [1.82, 2.24) is 36.2 Å². The largest absolute Gasteiger partial charge is 0.361 e. The second kappa shape index (κ2) is 12.4. The minimum absolute atomic E-state index is 0.0277. The number of hydrogen-bond donors (Lipinski definition) is 5. The van der Waals surface area contributed by atoms with Gasteiger partial charge in [0.15, 0.2) is 5.82 Å². The molecule has 48 heavy (non-hydrogen) atoms. The number of anilines is 1. The average molecular weight is 643 g/mol. The van der Waals surface area contributed by atoms with Crippen LogP contribution in [0.5, 0.6) is 0 Å². The quantitative estimate of drug-likeness (QED) is 0.136. The van der Waals surface area contributed by atoms with Gasteiger partial charge in [0, 0.05) is 41.4 Å². The van der Waals surface area contributed by atoms with Crippen LogP contribution in [0.1, 0.15) is 70.7 Å². The van der Waals surface area contributed by atoms with Crippen LogP contribution in [0.2, 0.25) is 0 Å². The van der Waals surface area contributed by atoms with Crippen molar-refractivity contribution in [3.63, 3.8) is 0 Å². The predicted molar refractivity (Wildman–Crippen MR) is 181 cm³/mol. The highest BCUT2D eigenvalue weighted by Crippen LogP contribution is 2.59. The van der Waals surface area contributed by atoms with Crippen LogP contribution in [-0.4, -0.2) is 56.4 Å². The molecule has 0 radical (unpaired) electrons. The molecule has 4 aliphatic rings. The third kappa shape index (κ3) is 5.96. The minimum atomic E-state index is -0.699. The van der Waals surface area contributed by atoms with Gasteiger partial charge in [-0.1, -0.05) is 42.5 Å². The fraction of sp³-hybridized carbons (Fsp3) is 0.351. The molecule has 4 bridgehead atoms. The molecule has 2 aromatic heterocycles. The molecule has 4 saturated carbocycles. The lowest BCUT2D eigenvalue weighted by molar-refractivity contribution is -0.117. The Hall–Kier alpha value is -5.32. The van der Waals surface area contributed by atoms with E-state index in [9.17, 15) is 14.4 Å². The summed E-state index contributed by atoms with van der Waals surface area (Å²) in [7, 11) is 0. The van der Waals surface area contributed by atoms with Crippen LogP contribution in [-0.2, 0) is 4.79 Å². The molecule has 2 heterocycles. The number of rotatable bonds is 10. The minimum Gasteiger partial charge on any atom is -0.361 e. The van der Waals surface area contributed by atoms with Gasteiger partial charge in [0.25, 0.3) is 11.8 Å². The summed E-state index contributed by atoms with van der Waals surface area (Å²) in [6, 6.07) is 21.9. The first-order chi connectivity index (χ1) is 23.4. The Morgan fingerprint density at radius 3 is 2.29 bits per heavy atom. The molecule has 4 aliphatic carbocycles. The monoisotopic (exact) mass is 642 g/mol. The van der Waals surface area contributed by atoms with E-state index in [0.29, 0.717) is 23.6 Å². The molecular formula is C37H38N8O3. The lowest BCUT2D eigenvalue weighted by Gasteiger charge is -2.56. The molecule has 4 fully saturated rings. The molecule has 11 nitrogen and oxygen atoms in total. The van der Waals surface area contributed by atoms with E-state index < -0.39 is 11.8 Å². The number of carbonyl (C=O) groups is 3. The molecule has 5 aromatic rings. The molecule has 1 atom stereocenters. The molecular weight excluding hydrogens is 604 g/mol. The molecule has 1 unspecified atom stereocenters. The molecule has 11 heteroatoms. The lowest BCUT2D eigenvalue weighted by Crippen LogP contribution is -2.51. The number of aromatic nitrogens is 5. The predicted octanol–water partition coefficient (Wildman–Crippen LogP) is 5.45. The molecule has 5 N–H and O–H groups in total. The van der Waals surface area contributed by atoms with Crippen molar-refractivity contribution in [2.45, 2.75) is 44.4 Å². The SMILES string of the molecule is O=C(NCC(C(=O)Nc1cccc(-c2nnn[nH]2)c1)c1ccccc1)c1cc2cc[nH]c2cc1C(=O)NCC12CC3CC(CC(C3)C1)C2. The van der Waals surface area contributed by atoms with E-state index in [-0.39, 0.29) is 29.3 Å². The first-order valence-corrected chi connectivity index (χ1v) is 16.8. The number of nitrogens with zero attached hydrogens (tertiary/aromatic N) is 3. The first kappa shape index (κ1) is 30.0. The Morgan fingerprint density at radius 1 is 0.833 bits per heavy atom. The van der Waals surface area contributed by atoms with Crippen LogP contribution in [0.3, 0.4) is 0 Å². The molecule has 0 aliphatic heterocycles. The third-order valence-electron chi connectivity index (χ3n) is 10.7. The van der Waals surface area contributed by atoms with Gasteiger partial charge < -0.3 is 20.9 Å². The van der Waals surface area contributed by atoms with E-state index in [0.717, 1.165) is 39.8 Å². The number of benzene rings is 3. The highest BCUT2D eigenvalue weighted by Gasteiger charge is 2.50. The Balaban J connectivity index is 1.00. The fourth-order valence-electron chi connectivity index (χ4n) is 8.94. The summed E-state index contributed by atoms with van der Waals surface area (Å²) in [6.45, 7) is 0.670. The Bertz CT molecular complexity index is 1930. The van der Waals surface area contributed by atoms with E-state index in [1.807, 2.05) is 42.5 Å². The van der Waals surface area contributed by atoms with Crippen molar-refractivity contribution in [1.29, 1.82) is 0 Å². The van der Waals surface area contributed by atoms with Crippen molar-refractivity contribution in [3.05, 3.63) is 95.7 Å². The summed E-state index contributed by atoms with van der Waals surface area (Å²) < 4.78 is 0. The maximum Gasteiger partial charge on any atom is 0.252 e. The normalized spacial score (nSPS) is 23.1. The summed E-state index contributed by atoms with van der Waals surface area (Å²) in [5.74, 6) is 1.20. The van der Waals surface area contributed by atoms with Gasteiger partial charge in [-0.3, -0.25) is 14.4 Å². The van der Waals surface area contributed by atoms with Gasteiger partial charge in [0.05, 0.1) is 17.0 Å². The Labute approximate surface area is 277 Å². The molecule has 0 saturated heterocycles. The third-order valence-corrected chi connectivity index (χ3v) is 10.7. The van der Waals surface area contributed by atoms with Crippen molar-refractivity contribution < 1.29 is 14.4 Å². The van der Waals surface area contributed by atoms with E-state index >= 15 is 0 Å². The van der Waals surface area contributed by atoms with Crippen molar-refractivity contribution in [2.75, 3.05) is 18.4 Å². The van der Waals surface area contributed by atoms with Gasteiger partial charge in [-0.05, 0) is 108 Å². The lowest BCUT2D eigenvalue weighted by atomic mass is 9.49. The zero-order chi connectivity index (χ0) is 32.7. The molecule has 3 aromatic carbocycles. The molecule has 0 spiro atoms. The van der Waals surface area contributed by atoms with Crippen LogP contribution in [0, 0.1) is 23.2 Å². The van der Waals surface area contributed by atoms with E-state index in [1.165, 1.54) is 38.5 Å². The van der Waals surface area contributed by atoms with Crippen molar-refractivity contribution in [2.24, 2.45) is 23.2 Å². The van der Waals surface area contributed by atoms with Crippen LogP contribution in [0.15, 0.2) is 79.0 Å². The molecule has 3 amide bonds. The highest BCUT2D eigenvalue weighted by molar-refractivity contribution is 6.10. The van der Waals surface area contributed by atoms with Gasteiger partial charge in [0.2, 0.25) is 5.91 Å². The van der Waals surface area contributed by atoms with Crippen molar-refractivity contribution >= 4 is 34.3 Å². The maximum absolute atomic E-state index is 13.9. The van der Waals surface area contributed by atoms with Crippen LogP contribution >= 0.6 is 0 Å². The van der Waals surface area contributed by atoms with Gasteiger partial charge in [0.1, 0.15) is 0 Å². The number of aromatic amines is 2. The molecule has 9 rings (SSSR count). The van der Waals surface area contributed by atoms with Crippen LogP contribution in [0.4, 0.5) is 5.69 Å².